The van der Waals surface area contributed by atoms with E-state index in [2.05, 4.69) is 0 Å². The Labute approximate surface area is 179 Å². The minimum atomic E-state index is -0.217. The van der Waals surface area contributed by atoms with Gasteiger partial charge >= 0.3 is 0 Å². The summed E-state index contributed by atoms with van der Waals surface area (Å²) in [6, 6.07) is 10.4. The molecule has 2 atom stereocenters. The molecule has 0 saturated heterocycles. The molecule has 0 amide bonds. The van der Waals surface area contributed by atoms with Crippen LogP contribution in [-0.4, -0.2) is 23.0 Å². The molecule has 26 heavy (non-hydrogen) atoms. The van der Waals surface area contributed by atoms with Gasteiger partial charge in [-0.3, -0.25) is 0 Å². The molecule has 0 bridgehead atoms. The Balaban J connectivity index is 2.50. The second kappa shape index (κ2) is 9.56. The quantitative estimate of drug-likeness (QED) is 0.558. The highest BCUT2D eigenvalue weighted by molar-refractivity contribution is 7.80. The Bertz CT molecular complexity index is 741. The maximum absolute atomic E-state index is 6.19. The van der Waals surface area contributed by atoms with E-state index in [9.17, 15) is 0 Å². The molecule has 2 unspecified atom stereocenters. The van der Waals surface area contributed by atoms with E-state index in [1.54, 1.807) is 24.3 Å². The lowest BCUT2D eigenvalue weighted by atomic mass is 9.99. The van der Waals surface area contributed by atoms with Crippen LogP contribution in [0.4, 0.5) is 0 Å². The molecule has 0 radical (unpaired) electrons. The zero-order valence-corrected chi connectivity index (χ0v) is 17.9. The number of hydrogen-bond donors (Lipinski definition) is 2. The minimum Gasteiger partial charge on any atom is -0.350 e. The van der Waals surface area contributed by atoms with E-state index in [0.717, 1.165) is 11.1 Å². The van der Waals surface area contributed by atoms with Crippen LogP contribution in [-0.2, 0) is 0 Å². The second-order valence-electron chi connectivity index (χ2n) is 5.78. The van der Waals surface area contributed by atoms with Crippen molar-refractivity contribution in [1.82, 2.24) is 4.90 Å². The van der Waals surface area contributed by atoms with Crippen molar-refractivity contribution in [2.45, 2.75) is 19.0 Å². The highest BCUT2D eigenvalue weighted by atomic mass is 35.5. The molecule has 0 fully saturated rings. The van der Waals surface area contributed by atoms with Gasteiger partial charge in [-0.2, -0.15) is 0 Å². The van der Waals surface area contributed by atoms with Crippen molar-refractivity contribution < 1.29 is 0 Å². The van der Waals surface area contributed by atoms with Crippen molar-refractivity contribution >= 4 is 63.6 Å². The van der Waals surface area contributed by atoms with Crippen molar-refractivity contribution in [3.63, 3.8) is 0 Å². The predicted molar refractivity (Wildman–Crippen MR) is 117 cm³/mol. The van der Waals surface area contributed by atoms with Crippen molar-refractivity contribution in [1.29, 1.82) is 0 Å². The first kappa shape index (κ1) is 21.7. The number of thiocarbonyl (C=S) groups is 1. The highest BCUT2D eigenvalue weighted by Gasteiger charge is 2.28. The highest BCUT2D eigenvalue weighted by Crippen LogP contribution is 2.35. The van der Waals surface area contributed by atoms with Crippen LogP contribution in [0.3, 0.4) is 0 Å². The lowest BCUT2D eigenvalue weighted by Gasteiger charge is -2.39. The van der Waals surface area contributed by atoms with Crippen LogP contribution >= 0.6 is 58.6 Å². The van der Waals surface area contributed by atoms with Gasteiger partial charge in [-0.25, -0.2) is 0 Å². The molecule has 0 aromatic heterocycles. The van der Waals surface area contributed by atoms with Crippen LogP contribution in [0, 0.1) is 0 Å². The van der Waals surface area contributed by atoms with E-state index in [1.165, 1.54) is 0 Å². The Kier molecular flexibility index (Phi) is 7.98. The molecule has 2 aromatic rings. The fourth-order valence-electron chi connectivity index (χ4n) is 2.92. The zero-order chi connectivity index (χ0) is 19.4. The van der Waals surface area contributed by atoms with E-state index >= 15 is 0 Å². The van der Waals surface area contributed by atoms with Crippen molar-refractivity contribution in [3.05, 3.63) is 67.6 Å². The van der Waals surface area contributed by atoms with E-state index < -0.39 is 0 Å². The molecule has 0 aliphatic heterocycles. The van der Waals surface area contributed by atoms with E-state index in [4.69, 9.17) is 70.1 Å². The monoisotopic (exact) mass is 449 g/mol. The van der Waals surface area contributed by atoms with Crippen molar-refractivity contribution in [2.24, 2.45) is 11.5 Å². The average Bonchev–Trinajstić information content (AvgIpc) is 2.60. The maximum Gasteiger partial charge on any atom is 0.0759 e. The third-order valence-corrected chi connectivity index (χ3v) is 5.83. The van der Waals surface area contributed by atoms with Gasteiger partial charge in [0, 0.05) is 13.1 Å². The summed E-state index contributed by atoms with van der Waals surface area (Å²) in [6.45, 7) is 2.49. The summed E-state index contributed by atoms with van der Waals surface area (Å²) in [5, 5.41) is 1.89. The molecule has 0 heterocycles. The van der Waals surface area contributed by atoms with Crippen LogP contribution in [0.15, 0.2) is 36.4 Å². The minimum absolute atomic E-state index is 0.217. The number of rotatable bonds is 6. The average molecular weight is 451 g/mol. The molecule has 2 aromatic carbocycles. The van der Waals surface area contributed by atoms with Crippen LogP contribution in [0.5, 0.6) is 0 Å². The maximum atomic E-state index is 6.19. The molecule has 8 heteroatoms. The van der Waals surface area contributed by atoms with E-state index in [0.29, 0.717) is 38.2 Å². The van der Waals surface area contributed by atoms with Gasteiger partial charge in [0.05, 0.1) is 37.2 Å². The molecule has 4 N–H and O–H groups in total. The smallest absolute Gasteiger partial charge is 0.0759 e. The molecule has 140 valence electrons. The van der Waals surface area contributed by atoms with Gasteiger partial charge in [0.25, 0.3) is 0 Å². The summed E-state index contributed by atoms with van der Waals surface area (Å²) in [6.07, 6.45) is 0. The summed E-state index contributed by atoms with van der Waals surface area (Å²) >= 11 is 30.0. The molecule has 0 aliphatic rings. The van der Waals surface area contributed by atoms with Gasteiger partial charge in [-0.05, 0) is 42.3 Å². The number of benzene rings is 2. The third kappa shape index (κ3) is 4.82. The molecular weight excluding hydrogens is 432 g/mol. The number of halogens is 4. The first-order chi connectivity index (χ1) is 12.3. The zero-order valence-electron chi connectivity index (χ0n) is 14.1. The van der Waals surface area contributed by atoms with Gasteiger partial charge in [-0.1, -0.05) is 70.8 Å². The van der Waals surface area contributed by atoms with Crippen molar-refractivity contribution in [2.75, 3.05) is 13.1 Å². The number of nitrogens with two attached hydrogens (primary N) is 2. The Morgan fingerprint density at radius 3 is 1.50 bits per heavy atom. The predicted octanol–water partition coefficient (Wildman–Crippen LogP) is 5.65. The third-order valence-electron chi connectivity index (χ3n) is 4.14. The van der Waals surface area contributed by atoms with Crippen LogP contribution in [0.2, 0.25) is 20.1 Å². The van der Waals surface area contributed by atoms with Gasteiger partial charge in [0.1, 0.15) is 0 Å². The van der Waals surface area contributed by atoms with Crippen LogP contribution in [0.1, 0.15) is 30.1 Å². The summed E-state index contributed by atoms with van der Waals surface area (Å²) in [5.74, 6) is 0. The second-order valence-corrected chi connectivity index (χ2v) is 8.00. The lowest BCUT2D eigenvalue weighted by molar-refractivity contribution is 0.250. The summed E-state index contributed by atoms with van der Waals surface area (Å²) in [5.41, 5.74) is 14.0. The number of nitrogens with zero attached hydrogens (tertiary/aromatic N) is 1. The first-order valence-corrected chi connectivity index (χ1v) is 9.81. The standard InChI is InChI=1S/C18H19Cl4N3S/c1-10(26)25(17(8-23)11-2-4-13(19)15(21)6-11)18(9-24)12-3-5-14(20)16(22)7-12/h2-7,17-18H,8-9,23-24H2,1H3. The van der Waals surface area contributed by atoms with Crippen molar-refractivity contribution in [3.8, 4) is 0 Å². The van der Waals surface area contributed by atoms with Gasteiger partial charge < -0.3 is 16.4 Å². The topological polar surface area (TPSA) is 55.3 Å². The Morgan fingerprint density at radius 2 is 1.23 bits per heavy atom. The first-order valence-electron chi connectivity index (χ1n) is 7.89. The summed E-state index contributed by atoms with van der Waals surface area (Å²) < 4.78 is 0. The fraction of sp³-hybridized carbons (Fsp3) is 0.278. The summed E-state index contributed by atoms with van der Waals surface area (Å²) in [7, 11) is 0. The molecule has 0 spiro atoms. The lowest BCUT2D eigenvalue weighted by Crippen LogP contribution is -2.42. The largest absolute Gasteiger partial charge is 0.350 e. The van der Waals surface area contributed by atoms with Gasteiger partial charge in [0.15, 0.2) is 0 Å². The Morgan fingerprint density at radius 1 is 0.846 bits per heavy atom. The van der Waals surface area contributed by atoms with Crippen LogP contribution in [0.25, 0.3) is 0 Å². The fourth-order valence-corrected chi connectivity index (χ4v) is 3.78. The molecule has 0 aliphatic carbocycles. The molecule has 2 rings (SSSR count). The van der Waals surface area contributed by atoms with Gasteiger partial charge in [0.2, 0.25) is 0 Å². The molecule has 0 saturated carbocycles. The molecular formula is C18H19Cl4N3S. The molecule has 3 nitrogen and oxygen atoms in total. The van der Waals surface area contributed by atoms with Gasteiger partial charge in [-0.15, -0.1) is 0 Å². The van der Waals surface area contributed by atoms with E-state index in [-0.39, 0.29) is 12.1 Å². The Hall–Kier alpha value is -0.590. The summed E-state index contributed by atoms with van der Waals surface area (Å²) in [4.78, 5) is 2.67. The van der Waals surface area contributed by atoms with Crippen LogP contribution < -0.4 is 11.5 Å². The number of hydrogen-bond acceptors (Lipinski definition) is 3. The SMILES string of the molecule is CC(=S)N(C(CN)c1ccc(Cl)c(Cl)c1)C(CN)c1ccc(Cl)c(Cl)c1. The normalized spacial score (nSPS) is 13.3. The van der Waals surface area contributed by atoms with E-state index in [1.807, 2.05) is 24.0 Å².